The van der Waals surface area contributed by atoms with Crippen molar-refractivity contribution in [2.75, 3.05) is 12.9 Å². The fourth-order valence-corrected chi connectivity index (χ4v) is 4.74. The summed E-state index contributed by atoms with van der Waals surface area (Å²) < 4.78 is 4.92. The second kappa shape index (κ2) is 9.88. The van der Waals surface area contributed by atoms with Gasteiger partial charge in [0.15, 0.2) is 0 Å². The second-order valence-electron chi connectivity index (χ2n) is 6.24. The molecule has 0 aromatic heterocycles. The van der Waals surface area contributed by atoms with E-state index in [1.807, 2.05) is 0 Å². The lowest BCUT2D eigenvalue weighted by molar-refractivity contribution is -0.144. The van der Waals surface area contributed by atoms with Gasteiger partial charge in [0.05, 0.1) is 19.6 Å². The van der Waals surface area contributed by atoms with Crippen molar-refractivity contribution in [1.82, 2.24) is 5.32 Å². The van der Waals surface area contributed by atoms with E-state index in [0.717, 1.165) is 25.7 Å². The number of hydrogen-bond donors (Lipinski definition) is 3. The normalized spacial score (nSPS) is 18.6. The molecular formula is C16H28N2O5S. The number of amides is 1. The third kappa shape index (κ3) is 6.32. The SMILES string of the molecule is CCCC1(SC[C@H](NC(=O)[C@@H](N)CC(=O)O)C(=O)OC)CCCC1. The highest BCUT2D eigenvalue weighted by Crippen LogP contribution is 2.45. The van der Waals surface area contributed by atoms with Crippen molar-refractivity contribution in [3.8, 4) is 0 Å². The summed E-state index contributed by atoms with van der Waals surface area (Å²) >= 11 is 1.70. The summed E-state index contributed by atoms with van der Waals surface area (Å²) in [4.78, 5) is 34.6. The first-order chi connectivity index (χ1) is 11.3. The molecule has 138 valence electrons. The lowest BCUT2D eigenvalue weighted by Gasteiger charge is -2.30. The van der Waals surface area contributed by atoms with E-state index in [1.54, 1.807) is 11.8 Å². The Hall–Kier alpha value is -1.28. The van der Waals surface area contributed by atoms with Gasteiger partial charge >= 0.3 is 11.9 Å². The highest BCUT2D eigenvalue weighted by molar-refractivity contribution is 8.00. The van der Waals surface area contributed by atoms with Gasteiger partial charge in [0, 0.05) is 10.5 Å². The smallest absolute Gasteiger partial charge is 0.329 e. The predicted octanol–water partition coefficient (Wildman–Crippen LogP) is 1.29. The zero-order valence-corrected chi connectivity index (χ0v) is 15.2. The molecule has 4 N–H and O–H groups in total. The van der Waals surface area contributed by atoms with E-state index >= 15 is 0 Å². The van der Waals surface area contributed by atoms with E-state index < -0.39 is 36.4 Å². The van der Waals surface area contributed by atoms with Gasteiger partial charge in [-0.15, -0.1) is 0 Å². The predicted molar refractivity (Wildman–Crippen MR) is 92.7 cm³/mol. The molecule has 0 bridgehead atoms. The number of nitrogens with one attached hydrogen (secondary N) is 1. The standard InChI is InChI=1S/C16H28N2O5S/c1-3-6-16(7-4-5-8-16)24-10-12(15(22)23-2)18-14(21)11(17)9-13(19)20/h11-12H,3-10,17H2,1-2H3,(H,18,21)(H,19,20)/t11-,12-/m0/s1. The summed E-state index contributed by atoms with van der Waals surface area (Å²) in [6.07, 6.45) is 6.28. The highest BCUT2D eigenvalue weighted by Gasteiger charge is 2.35. The van der Waals surface area contributed by atoms with E-state index in [-0.39, 0.29) is 4.75 Å². The van der Waals surface area contributed by atoms with Gasteiger partial charge in [0.1, 0.15) is 6.04 Å². The minimum atomic E-state index is -1.18. The fourth-order valence-electron chi connectivity index (χ4n) is 3.07. The van der Waals surface area contributed by atoms with Gasteiger partial charge in [0.2, 0.25) is 5.91 Å². The third-order valence-corrected chi connectivity index (χ3v) is 6.03. The number of ether oxygens (including phenoxy) is 1. The Morgan fingerprint density at radius 2 is 1.96 bits per heavy atom. The van der Waals surface area contributed by atoms with Crippen molar-refractivity contribution in [3.05, 3.63) is 0 Å². The number of hydrogen-bond acceptors (Lipinski definition) is 6. The van der Waals surface area contributed by atoms with Crippen LogP contribution in [0.5, 0.6) is 0 Å². The van der Waals surface area contributed by atoms with Gasteiger partial charge in [-0.05, 0) is 19.3 Å². The molecule has 2 atom stereocenters. The number of methoxy groups -OCH3 is 1. The molecule has 8 heteroatoms. The number of aliphatic carboxylic acids is 1. The van der Waals surface area contributed by atoms with Crippen LogP contribution in [0.25, 0.3) is 0 Å². The first-order valence-corrected chi connectivity index (χ1v) is 9.31. The fraction of sp³-hybridized carbons (Fsp3) is 0.812. The molecule has 1 fully saturated rings. The minimum Gasteiger partial charge on any atom is -0.481 e. The average molecular weight is 360 g/mol. The number of carboxylic acid groups (broad SMARTS) is 1. The van der Waals surface area contributed by atoms with E-state index in [9.17, 15) is 14.4 Å². The van der Waals surface area contributed by atoms with E-state index in [0.29, 0.717) is 5.75 Å². The van der Waals surface area contributed by atoms with Gasteiger partial charge in [-0.1, -0.05) is 26.2 Å². The molecule has 0 aromatic carbocycles. The van der Waals surface area contributed by atoms with Gasteiger partial charge in [-0.3, -0.25) is 9.59 Å². The summed E-state index contributed by atoms with van der Waals surface area (Å²) in [5, 5.41) is 11.2. The largest absolute Gasteiger partial charge is 0.481 e. The number of thioether (sulfide) groups is 1. The van der Waals surface area contributed by atoms with Crippen LogP contribution in [0.4, 0.5) is 0 Å². The van der Waals surface area contributed by atoms with Crippen molar-refractivity contribution >= 4 is 29.6 Å². The molecule has 1 aliphatic carbocycles. The van der Waals surface area contributed by atoms with Gasteiger partial charge in [-0.25, -0.2) is 4.79 Å². The van der Waals surface area contributed by atoms with Crippen LogP contribution in [0.3, 0.4) is 0 Å². The van der Waals surface area contributed by atoms with Crippen LogP contribution in [0.2, 0.25) is 0 Å². The zero-order chi connectivity index (χ0) is 18.2. The molecule has 0 spiro atoms. The Kier molecular flexibility index (Phi) is 8.55. The lowest BCUT2D eigenvalue weighted by atomic mass is 10.0. The minimum absolute atomic E-state index is 0.162. The van der Waals surface area contributed by atoms with Gasteiger partial charge in [0.25, 0.3) is 0 Å². The summed E-state index contributed by atoms with van der Waals surface area (Å²) in [5.74, 6) is -1.94. The van der Waals surface area contributed by atoms with Crippen LogP contribution < -0.4 is 11.1 Å². The number of carbonyl (C=O) groups is 3. The topological polar surface area (TPSA) is 119 Å². The molecule has 0 aliphatic heterocycles. The Morgan fingerprint density at radius 3 is 2.46 bits per heavy atom. The molecule has 24 heavy (non-hydrogen) atoms. The maximum Gasteiger partial charge on any atom is 0.329 e. The third-order valence-electron chi connectivity index (χ3n) is 4.31. The molecule has 1 saturated carbocycles. The van der Waals surface area contributed by atoms with Gasteiger partial charge in [-0.2, -0.15) is 11.8 Å². The first kappa shape index (κ1) is 20.8. The van der Waals surface area contributed by atoms with Crippen molar-refractivity contribution in [1.29, 1.82) is 0 Å². The number of esters is 1. The lowest BCUT2D eigenvalue weighted by Crippen LogP contribution is -2.50. The maximum atomic E-state index is 12.0. The molecule has 0 heterocycles. The quantitative estimate of drug-likeness (QED) is 0.502. The van der Waals surface area contributed by atoms with Crippen molar-refractivity contribution in [2.45, 2.75) is 68.7 Å². The monoisotopic (exact) mass is 360 g/mol. The van der Waals surface area contributed by atoms with Gasteiger partial charge < -0.3 is 20.9 Å². The average Bonchev–Trinajstić information content (AvgIpc) is 2.99. The summed E-state index contributed by atoms with van der Waals surface area (Å²) in [7, 11) is 1.26. The number of nitrogens with two attached hydrogens (primary N) is 1. The molecular weight excluding hydrogens is 332 g/mol. The Labute approximate surface area is 147 Å². The van der Waals surface area contributed by atoms with E-state index in [1.165, 1.54) is 20.0 Å². The molecule has 0 unspecified atom stereocenters. The molecule has 1 aliphatic rings. The molecule has 0 saturated heterocycles. The van der Waals surface area contributed by atoms with Crippen molar-refractivity contribution in [3.63, 3.8) is 0 Å². The molecule has 0 radical (unpaired) electrons. The zero-order valence-electron chi connectivity index (χ0n) is 14.4. The Bertz CT molecular complexity index is 452. The second-order valence-corrected chi connectivity index (χ2v) is 7.73. The number of rotatable bonds is 10. The molecule has 7 nitrogen and oxygen atoms in total. The molecule has 1 amide bonds. The maximum absolute atomic E-state index is 12.0. The van der Waals surface area contributed by atoms with Crippen LogP contribution in [0.1, 0.15) is 51.9 Å². The summed E-state index contributed by atoms with van der Waals surface area (Å²) in [5.41, 5.74) is 5.55. The van der Waals surface area contributed by atoms with Crippen LogP contribution in [0, 0.1) is 0 Å². The van der Waals surface area contributed by atoms with E-state index in [2.05, 4.69) is 12.2 Å². The van der Waals surface area contributed by atoms with Crippen LogP contribution in [-0.4, -0.2) is 52.6 Å². The van der Waals surface area contributed by atoms with Crippen molar-refractivity contribution < 1.29 is 24.2 Å². The number of carboxylic acids is 1. The van der Waals surface area contributed by atoms with Crippen LogP contribution in [0.15, 0.2) is 0 Å². The first-order valence-electron chi connectivity index (χ1n) is 8.33. The highest BCUT2D eigenvalue weighted by atomic mass is 32.2. The van der Waals surface area contributed by atoms with Crippen molar-refractivity contribution in [2.24, 2.45) is 5.73 Å². The Balaban J connectivity index is 2.66. The Morgan fingerprint density at radius 1 is 1.33 bits per heavy atom. The van der Waals surface area contributed by atoms with Crippen LogP contribution in [-0.2, 0) is 19.1 Å². The summed E-state index contributed by atoms with van der Waals surface area (Å²) in [6.45, 7) is 2.14. The molecule has 1 rings (SSSR count). The summed E-state index contributed by atoms with van der Waals surface area (Å²) in [6, 6.07) is -2.00. The van der Waals surface area contributed by atoms with E-state index in [4.69, 9.17) is 15.6 Å². The number of carbonyl (C=O) groups excluding carboxylic acids is 2. The van der Waals surface area contributed by atoms with Crippen LogP contribution >= 0.6 is 11.8 Å². The molecule has 0 aromatic rings.